The number of rotatable bonds is 6. The van der Waals surface area contributed by atoms with E-state index in [9.17, 15) is 13.2 Å². The molecule has 1 aromatic carbocycles. The van der Waals surface area contributed by atoms with Gasteiger partial charge >= 0.3 is 0 Å². The Hall–Kier alpha value is -2.10. The first-order chi connectivity index (χ1) is 13.5. The molecule has 2 aliphatic rings. The number of benzene rings is 1. The molecule has 0 radical (unpaired) electrons. The van der Waals surface area contributed by atoms with E-state index in [4.69, 9.17) is 9.47 Å². The van der Waals surface area contributed by atoms with Gasteiger partial charge in [-0.25, -0.2) is 8.42 Å². The number of thiophene rings is 1. The summed E-state index contributed by atoms with van der Waals surface area (Å²) in [7, 11) is -3.43. The Labute approximate surface area is 168 Å². The van der Waals surface area contributed by atoms with Crippen LogP contribution in [0.4, 0.5) is 0 Å². The minimum Gasteiger partial charge on any atom is -0.486 e. The topological polar surface area (TPSA) is 84.9 Å². The molecule has 28 heavy (non-hydrogen) atoms. The molecule has 0 unspecified atom stereocenters. The minimum absolute atomic E-state index is 0.145. The van der Waals surface area contributed by atoms with Crippen LogP contribution in [0.2, 0.25) is 0 Å². The second-order valence-corrected chi connectivity index (χ2v) is 10.1. The van der Waals surface area contributed by atoms with E-state index < -0.39 is 10.0 Å². The van der Waals surface area contributed by atoms with Crippen molar-refractivity contribution in [3.8, 4) is 11.5 Å². The predicted molar refractivity (Wildman–Crippen MR) is 105 cm³/mol. The average Bonchev–Trinajstić information content (AvgIpc) is 3.39. The number of ether oxygens (including phenoxy) is 2. The van der Waals surface area contributed by atoms with Crippen molar-refractivity contribution in [1.29, 1.82) is 0 Å². The lowest BCUT2D eigenvalue weighted by atomic mass is 10.1. The van der Waals surface area contributed by atoms with Gasteiger partial charge in [0.2, 0.25) is 5.91 Å². The van der Waals surface area contributed by atoms with Crippen molar-refractivity contribution in [2.24, 2.45) is 0 Å². The largest absolute Gasteiger partial charge is 0.486 e. The lowest BCUT2D eigenvalue weighted by molar-refractivity contribution is -0.120. The molecule has 2 aromatic rings. The van der Waals surface area contributed by atoms with Crippen LogP contribution in [0, 0.1) is 0 Å². The molecule has 9 heteroatoms. The van der Waals surface area contributed by atoms with E-state index in [1.165, 1.54) is 4.31 Å². The van der Waals surface area contributed by atoms with Gasteiger partial charge < -0.3 is 14.8 Å². The lowest BCUT2D eigenvalue weighted by Crippen LogP contribution is -2.27. The van der Waals surface area contributed by atoms with Crippen LogP contribution >= 0.6 is 11.3 Å². The van der Waals surface area contributed by atoms with Gasteiger partial charge in [-0.15, -0.1) is 11.3 Å². The molecule has 0 aliphatic carbocycles. The molecule has 1 N–H and O–H groups in total. The molecule has 3 heterocycles. The summed E-state index contributed by atoms with van der Waals surface area (Å²) < 4.78 is 38.2. The molecule has 2 aliphatic heterocycles. The maximum Gasteiger partial charge on any atom is 0.252 e. The zero-order valence-corrected chi connectivity index (χ0v) is 17.0. The van der Waals surface area contributed by atoms with E-state index in [1.807, 2.05) is 18.2 Å². The standard InChI is InChI=1S/C19H22N2O5S2/c22-17(20-13-14-4-3-5-16-19(14)26-11-10-25-16)12-15-6-7-18(27-15)28(23,24)21-8-1-2-9-21/h3-7H,1-2,8-13H2,(H,20,22). The third kappa shape index (κ3) is 4.01. The molecule has 0 bridgehead atoms. The number of fused-ring (bicyclic) bond motifs is 1. The molecule has 150 valence electrons. The number of amides is 1. The van der Waals surface area contributed by atoms with Gasteiger partial charge in [-0.05, 0) is 31.0 Å². The van der Waals surface area contributed by atoms with E-state index in [0.717, 1.165) is 34.6 Å². The summed E-state index contributed by atoms with van der Waals surface area (Å²) in [6, 6.07) is 8.91. The number of para-hydroxylation sites is 1. The number of sulfonamides is 1. The Morgan fingerprint density at radius 1 is 1.11 bits per heavy atom. The average molecular weight is 423 g/mol. The van der Waals surface area contributed by atoms with E-state index in [1.54, 1.807) is 12.1 Å². The van der Waals surface area contributed by atoms with E-state index in [0.29, 0.717) is 48.6 Å². The van der Waals surface area contributed by atoms with Gasteiger partial charge in [0.15, 0.2) is 11.5 Å². The molecule has 1 amide bonds. The number of nitrogens with zero attached hydrogens (tertiary/aromatic N) is 1. The molecule has 4 rings (SSSR count). The minimum atomic E-state index is -3.43. The highest BCUT2D eigenvalue weighted by Gasteiger charge is 2.28. The van der Waals surface area contributed by atoms with Crippen molar-refractivity contribution < 1.29 is 22.7 Å². The SMILES string of the molecule is O=C(Cc1ccc(S(=O)(=O)N2CCCC2)s1)NCc1cccc2c1OCCO2. The van der Waals surface area contributed by atoms with Gasteiger partial charge in [0.25, 0.3) is 10.0 Å². The van der Waals surface area contributed by atoms with E-state index in [2.05, 4.69) is 5.32 Å². The summed E-state index contributed by atoms with van der Waals surface area (Å²) >= 11 is 1.16. The van der Waals surface area contributed by atoms with Crippen molar-refractivity contribution >= 4 is 27.3 Å². The lowest BCUT2D eigenvalue weighted by Gasteiger charge is -2.21. The van der Waals surface area contributed by atoms with Crippen LogP contribution in [0.3, 0.4) is 0 Å². The summed E-state index contributed by atoms with van der Waals surface area (Å²) in [6.45, 7) is 2.48. The Balaban J connectivity index is 1.37. The molecule has 7 nitrogen and oxygen atoms in total. The van der Waals surface area contributed by atoms with Crippen LogP contribution in [-0.2, 0) is 27.8 Å². The summed E-state index contributed by atoms with van der Waals surface area (Å²) in [5, 5.41) is 2.87. The maximum atomic E-state index is 12.6. The normalized spacial score (nSPS) is 16.9. The second-order valence-electron chi connectivity index (χ2n) is 6.73. The molecule has 0 atom stereocenters. The molecular formula is C19H22N2O5S2. The highest BCUT2D eigenvalue weighted by atomic mass is 32.2. The summed E-state index contributed by atoms with van der Waals surface area (Å²) in [5.74, 6) is 1.19. The quantitative estimate of drug-likeness (QED) is 0.771. The monoisotopic (exact) mass is 422 g/mol. The van der Waals surface area contributed by atoms with E-state index >= 15 is 0 Å². The predicted octanol–water partition coefficient (Wildman–Crippen LogP) is 2.16. The van der Waals surface area contributed by atoms with Gasteiger partial charge in [0, 0.05) is 30.1 Å². The number of carbonyl (C=O) groups excluding carboxylic acids is 1. The Kier molecular flexibility index (Phi) is 5.56. The third-order valence-corrected chi connectivity index (χ3v) is 8.21. The zero-order chi connectivity index (χ0) is 19.6. The number of nitrogens with one attached hydrogen (secondary N) is 1. The third-order valence-electron chi connectivity index (χ3n) is 4.75. The second kappa shape index (κ2) is 8.10. The van der Waals surface area contributed by atoms with Gasteiger partial charge in [-0.3, -0.25) is 4.79 Å². The van der Waals surface area contributed by atoms with Gasteiger partial charge in [-0.2, -0.15) is 4.31 Å². The fraction of sp³-hybridized carbons (Fsp3) is 0.421. The Bertz CT molecular complexity index is 964. The first-order valence-electron chi connectivity index (χ1n) is 9.27. The van der Waals surface area contributed by atoms with Gasteiger partial charge in [-0.1, -0.05) is 12.1 Å². The van der Waals surface area contributed by atoms with Crippen molar-refractivity contribution in [1.82, 2.24) is 9.62 Å². The molecule has 0 saturated carbocycles. The Morgan fingerprint density at radius 2 is 1.89 bits per heavy atom. The summed E-state index contributed by atoms with van der Waals surface area (Å²) in [6.07, 6.45) is 1.95. The fourth-order valence-corrected chi connectivity index (χ4v) is 6.36. The van der Waals surface area contributed by atoms with Gasteiger partial charge in [0.1, 0.15) is 17.4 Å². The van der Waals surface area contributed by atoms with Crippen LogP contribution in [0.5, 0.6) is 11.5 Å². The van der Waals surface area contributed by atoms with Gasteiger partial charge in [0.05, 0.1) is 6.42 Å². The maximum absolute atomic E-state index is 12.6. The van der Waals surface area contributed by atoms with Crippen LogP contribution in [-0.4, -0.2) is 44.9 Å². The molecular weight excluding hydrogens is 400 g/mol. The Morgan fingerprint density at radius 3 is 2.71 bits per heavy atom. The van der Waals surface area contributed by atoms with Crippen molar-refractivity contribution in [2.75, 3.05) is 26.3 Å². The first kappa shape index (κ1) is 19.2. The molecule has 1 fully saturated rings. The van der Waals surface area contributed by atoms with Crippen molar-refractivity contribution in [3.05, 3.63) is 40.8 Å². The number of hydrogen-bond donors (Lipinski definition) is 1. The smallest absolute Gasteiger partial charge is 0.252 e. The first-order valence-corrected chi connectivity index (χ1v) is 11.5. The molecule has 1 saturated heterocycles. The summed E-state index contributed by atoms with van der Waals surface area (Å²) in [5.41, 5.74) is 0.856. The van der Waals surface area contributed by atoms with Crippen LogP contribution in [0.15, 0.2) is 34.5 Å². The van der Waals surface area contributed by atoms with Crippen LogP contribution < -0.4 is 14.8 Å². The van der Waals surface area contributed by atoms with Crippen LogP contribution in [0.1, 0.15) is 23.3 Å². The highest BCUT2D eigenvalue weighted by molar-refractivity contribution is 7.91. The molecule has 1 aromatic heterocycles. The number of carbonyl (C=O) groups is 1. The fourth-order valence-electron chi connectivity index (χ4n) is 3.34. The van der Waals surface area contributed by atoms with E-state index in [-0.39, 0.29) is 12.3 Å². The van der Waals surface area contributed by atoms with Crippen molar-refractivity contribution in [3.63, 3.8) is 0 Å². The molecule has 0 spiro atoms. The highest BCUT2D eigenvalue weighted by Crippen LogP contribution is 2.33. The van der Waals surface area contributed by atoms with Crippen LogP contribution in [0.25, 0.3) is 0 Å². The number of hydrogen-bond acceptors (Lipinski definition) is 6. The van der Waals surface area contributed by atoms with Crippen molar-refractivity contribution in [2.45, 2.75) is 30.0 Å². The summed E-state index contributed by atoms with van der Waals surface area (Å²) in [4.78, 5) is 13.1. The zero-order valence-electron chi connectivity index (χ0n) is 15.3.